The first kappa shape index (κ1) is 13.0. The number of benzene rings is 2. The third-order valence-corrected chi connectivity index (χ3v) is 3.91. The summed E-state index contributed by atoms with van der Waals surface area (Å²) in [6.07, 6.45) is 0. The number of phenols is 1. The zero-order valence-corrected chi connectivity index (χ0v) is 11.6. The van der Waals surface area contributed by atoms with Crippen molar-refractivity contribution in [1.29, 1.82) is 0 Å². The van der Waals surface area contributed by atoms with Crippen LogP contribution in [0.5, 0.6) is 11.5 Å². The van der Waals surface area contributed by atoms with Crippen molar-refractivity contribution in [3.63, 3.8) is 0 Å². The molecule has 1 unspecified atom stereocenters. The Morgan fingerprint density at radius 1 is 1.10 bits per heavy atom. The van der Waals surface area contributed by atoms with E-state index in [4.69, 9.17) is 4.74 Å². The standard InChI is InChI=1S/C17H19NO2/c1-13(14-6-8-16(19)9-7-14)18-10-11-20-17-5-3-2-4-15(17)12-18/h2-9,13,19H,10-12H2,1H3. The van der Waals surface area contributed by atoms with Gasteiger partial charge in [0, 0.05) is 24.7 Å². The lowest BCUT2D eigenvalue weighted by Gasteiger charge is -2.27. The fourth-order valence-electron chi connectivity index (χ4n) is 2.64. The fourth-order valence-corrected chi connectivity index (χ4v) is 2.64. The zero-order chi connectivity index (χ0) is 13.9. The average Bonchev–Trinajstić information content (AvgIpc) is 2.69. The second-order valence-corrected chi connectivity index (χ2v) is 5.19. The summed E-state index contributed by atoms with van der Waals surface area (Å²) in [4.78, 5) is 2.40. The monoisotopic (exact) mass is 269 g/mol. The summed E-state index contributed by atoms with van der Waals surface area (Å²) >= 11 is 0. The molecular formula is C17H19NO2. The minimum atomic E-state index is 0.297. The van der Waals surface area contributed by atoms with E-state index < -0.39 is 0 Å². The van der Waals surface area contributed by atoms with E-state index in [2.05, 4.69) is 24.0 Å². The maximum absolute atomic E-state index is 9.39. The first-order chi connectivity index (χ1) is 9.74. The maximum Gasteiger partial charge on any atom is 0.123 e. The van der Waals surface area contributed by atoms with E-state index in [-0.39, 0.29) is 0 Å². The van der Waals surface area contributed by atoms with E-state index in [1.165, 1.54) is 11.1 Å². The molecule has 1 aliphatic heterocycles. The van der Waals surface area contributed by atoms with Crippen molar-refractivity contribution in [3.05, 3.63) is 59.7 Å². The SMILES string of the molecule is CC(c1ccc(O)cc1)N1CCOc2ccccc2C1. The smallest absolute Gasteiger partial charge is 0.123 e. The molecule has 0 bridgehead atoms. The molecule has 0 aromatic heterocycles. The van der Waals surface area contributed by atoms with Crippen LogP contribution in [0.25, 0.3) is 0 Å². The van der Waals surface area contributed by atoms with Crippen LogP contribution in [0, 0.1) is 0 Å². The third kappa shape index (κ3) is 2.63. The molecule has 2 aromatic rings. The Morgan fingerprint density at radius 2 is 1.85 bits per heavy atom. The molecule has 0 aliphatic carbocycles. The maximum atomic E-state index is 9.39. The lowest BCUT2D eigenvalue weighted by Crippen LogP contribution is -2.28. The van der Waals surface area contributed by atoms with Crippen molar-refractivity contribution >= 4 is 0 Å². The van der Waals surface area contributed by atoms with E-state index in [1.807, 2.05) is 24.3 Å². The summed E-state index contributed by atoms with van der Waals surface area (Å²) in [5.74, 6) is 1.30. The highest BCUT2D eigenvalue weighted by molar-refractivity contribution is 5.34. The number of hydrogen-bond donors (Lipinski definition) is 1. The number of rotatable bonds is 2. The predicted molar refractivity (Wildman–Crippen MR) is 78.9 cm³/mol. The number of hydrogen-bond acceptors (Lipinski definition) is 3. The highest BCUT2D eigenvalue weighted by Crippen LogP contribution is 2.28. The first-order valence-electron chi connectivity index (χ1n) is 6.98. The highest BCUT2D eigenvalue weighted by atomic mass is 16.5. The molecule has 1 heterocycles. The van der Waals surface area contributed by atoms with Gasteiger partial charge in [0.15, 0.2) is 0 Å². The van der Waals surface area contributed by atoms with Gasteiger partial charge in [-0.3, -0.25) is 4.90 Å². The van der Waals surface area contributed by atoms with Gasteiger partial charge in [-0.05, 0) is 30.7 Å². The summed E-state index contributed by atoms with van der Waals surface area (Å²) in [5, 5.41) is 9.39. The minimum absolute atomic E-state index is 0.297. The van der Waals surface area contributed by atoms with Crippen LogP contribution in [-0.4, -0.2) is 23.2 Å². The van der Waals surface area contributed by atoms with Crippen LogP contribution in [-0.2, 0) is 6.54 Å². The molecule has 0 spiro atoms. The van der Waals surface area contributed by atoms with Crippen molar-refractivity contribution in [2.24, 2.45) is 0 Å². The Morgan fingerprint density at radius 3 is 2.65 bits per heavy atom. The van der Waals surface area contributed by atoms with Crippen molar-refractivity contribution in [2.75, 3.05) is 13.2 Å². The van der Waals surface area contributed by atoms with Gasteiger partial charge in [0.2, 0.25) is 0 Å². The second-order valence-electron chi connectivity index (χ2n) is 5.19. The summed E-state index contributed by atoms with van der Waals surface area (Å²) in [5.41, 5.74) is 2.44. The van der Waals surface area contributed by atoms with Gasteiger partial charge in [-0.15, -0.1) is 0 Å². The van der Waals surface area contributed by atoms with Crippen molar-refractivity contribution < 1.29 is 9.84 Å². The second kappa shape index (κ2) is 5.55. The van der Waals surface area contributed by atoms with Crippen LogP contribution in [0.3, 0.4) is 0 Å². The van der Waals surface area contributed by atoms with Crippen molar-refractivity contribution in [3.8, 4) is 11.5 Å². The van der Waals surface area contributed by atoms with E-state index in [1.54, 1.807) is 12.1 Å². The lowest BCUT2D eigenvalue weighted by molar-refractivity contribution is 0.179. The quantitative estimate of drug-likeness (QED) is 0.907. The fraction of sp³-hybridized carbons (Fsp3) is 0.294. The molecule has 3 heteroatoms. The topological polar surface area (TPSA) is 32.7 Å². The van der Waals surface area contributed by atoms with E-state index in [9.17, 15) is 5.11 Å². The Bertz CT molecular complexity index is 580. The van der Waals surface area contributed by atoms with Crippen LogP contribution in [0.4, 0.5) is 0 Å². The largest absolute Gasteiger partial charge is 0.508 e. The van der Waals surface area contributed by atoms with Crippen LogP contribution in [0.2, 0.25) is 0 Å². The minimum Gasteiger partial charge on any atom is -0.508 e. The molecule has 104 valence electrons. The Labute approximate surface area is 119 Å². The van der Waals surface area contributed by atoms with Crippen LogP contribution < -0.4 is 4.74 Å². The molecule has 1 atom stereocenters. The highest BCUT2D eigenvalue weighted by Gasteiger charge is 2.20. The van der Waals surface area contributed by atoms with Gasteiger partial charge >= 0.3 is 0 Å². The average molecular weight is 269 g/mol. The van der Waals surface area contributed by atoms with E-state index >= 15 is 0 Å². The molecule has 0 amide bonds. The Balaban J connectivity index is 1.82. The van der Waals surface area contributed by atoms with Gasteiger partial charge in [-0.1, -0.05) is 30.3 Å². The molecule has 0 radical (unpaired) electrons. The molecular weight excluding hydrogens is 250 g/mol. The molecule has 1 aliphatic rings. The zero-order valence-electron chi connectivity index (χ0n) is 11.6. The normalized spacial score (nSPS) is 16.9. The van der Waals surface area contributed by atoms with Gasteiger partial charge in [0.05, 0.1) is 0 Å². The summed E-state index contributed by atoms with van der Waals surface area (Å²) in [6.45, 7) is 4.69. The van der Waals surface area contributed by atoms with E-state index in [0.717, 1.165) is 18.8 Å². The molecule has 3 rings (SSSR count). The number of nitrogens with zero attached hydrogens (tertiary/aromatic N) is 1. The number of aromatic hydroxyl groups is 1. The van der Waals surface area contributed by atoms with Crippen LogP contribution in [0.1, 0.15) is 24.1 Å². The van der Waals surface area contributed by atoms with Gasteiger partial charge in [0.1, 0.15) is 18.1 Å². The van der Waals surface area contributed by atoms with Crippen LogP contribution >= 0.6 is 0 Å². The van der Waals surface area contributed by atoms with Crippen molar-refractivity contribution in [2.45, 2.75) is 19.5 Å². The molecule has 2 aromatic carbocycles. The summed E-state index contributed by atoms with van der Waals surface area (Å²) in [6, 6.07) is 16.0. The van der Waals surface area contributed by atoms with E-state index in [0.29, 0.717) is 18.4 Å². The van der Waals surface area contributed by atoms with Gasteiger partial charge < -0.3 is 9.84 Å². The molecule has 1 N–H and O–H groups in total. The van der Waals surface area contributed by atoms with Gasteiger partial charge in [0.25, 0.3) is 0 Å². The summed E-state index contributed by atoms with van der Waals surface area (Å²) < 4.78 is 5.80. The number of phenolic OH excluding ortho intramolecular Hbond substituents is 1. The molecule has 3 nitrogen and oxygen atoms in total. The lowest BCUT2D eigenvalue weighted by atomic mass is 10.1. The van der Waals surface area contributed by atoms with Crippen LogP contribution in [0.15, 0.2) is 48.5 Å². The summed E-state index contributed by atoms with van der Waals surface area (Å²) in [7, 11) is 0. The molecule has 0 saturated heterocycles. The number of fused-ring (bicyclic) bond motifs is 1. The Hall–Kier alpha value is -2.00. The van der Waals surface area contributed by atoms with Crippen molar-refractivity contribution in [1.82, 2.24) is 4.90 Å². The third-order valence-electron chi connectivity index (χ3n) is 3.91. The van der Waals surface area contributed by atoms with Gasteiger partial charge in [-0.2, -0.15) is 0 Å². The molecule has 0 saturated carbocycles. The Kier molecular flexibility index (Phi) is 3.61. The number of ether oxygens (including phenoxy) is 1. The molecule has 0 fully saturated rings. The number of para-hydroxylation sites is 1. The molecule has 20 heavy (non-hydrogen) atoms. The van der Waals surface area contributed by atoms with Gasteiger partial charge in [-0.25, -0.2) is 0 Å². The predicted octanol–water partition coefficient (Wildman–Crippen LogP) is 3.35. The first-order valence-corrected chi connectivity index (χ1v) is 6.98.